The van der Waals surface area contributed by atoms with Crippen LogP contribution in [0, 0.1) is 20.2 Å². The summed E-state index contributed by atoms with van der Waals surface area (Å²) in [5, 5.41) is 21.5. The summed E-state index contributed by atoms with van der Waals surface area (Å²) >= 11 is 0. The Morgan fingerprint density at radius 1 is 0.600 bits per heavy atom. The molecular weight excluding hydrogens is 668 g/mol. The van der Waals surface area contributed by atoms with Gasteiger partial charge in [-0.05, 0) is 49.2 Å². The van der Waals surface area contributed by atoms with E-state index in [0.717, 1.165) is 9.80 Å². The van der Waals surface area contributed by atoms with E-state index in [1.165, 1.54) is 48.5 Å². The van der Waals surface area contributed by atoms with Crippen LogP contribution in [0.25, 0.3) is 0 Å². The zero-order valence-corrected chi connectivity index (χ0v) is 26.8. The van der Waals surface area contributed by atoms with E-state index in [-0.39, 0.29) is 50.8 Å². The summed E-state index contributed by atoms with van der Waals surface area (Å²) in [7, 11) is 0. The van der Waals surface area contributed by atoms with E-state index in [1.807, 2.05) is 0 Å². The largest absolute Gasteiger partial charge is 0.510 e. The van der Waals surface area contributed by atoms with Gasteiger partial charge in [-0.25, -0.2) is 19.4 Å². The summed E-state index contributed by atoms with van der Waals surface area (Å²) in [5.41, 5.74) is 0.633. The number of nitro benzene ring substituents is 2. The molecule has 0 radical (unpaired) electrons. The number of ether oxygens (including phenoxy) is 4. The van der Waals surface area contributed by atoms with Crippen LogP contribution in [-0.2, 0) is 51.3 Å². The van der Waals surface area contributed by atoms with Gasteiger partial charge in [-0.2, -0.15) is 0 Å². The molecule has 0 unspecified atom stereocenters. The molecule has 4 rings (SSSR count). The second kappa shape index (κ2) is 16.4. The molecule has 0 N–H and O–H groups in total. The molecule has 0 aromatic heterocycles. The van der Waals surface area contributed by atoms with Crippen molar-refractivity contribution in [3.63, 3.8) is 0 Å². The molecule has 2 aliphatic heterocycles. The molecular formula is C30H32N6O14. The van der Waals surface area contributed by atoms with Crippen molar-refractivity contribution in [2.75, 3.05) is 39.6 Å². The predicted octanol–water partition coefficient (Wildman–Crippen LogP) is 1.54. The van der Waals surface area contributed by atoms with Gasteiger partial charge in [0.1, 0.15) is 13.2 Å². The molecule has 4 amide bonds. The lowest BCUT2D eigenvalue weighted by Gasteiger charge is -2.43. The number of carbonyl (C=O) groups excluding carboxylic acids is 6. The summed E-state index contributed by atoms with van der Waals surface area (Å²) in [5.74, 6) is -2.62. The molecule has 0 bridgehead atoms. The van der Waals surface area contributed by atoms with Gasteiger partial charge < -0.3 is 18.9 Å². The van der Waals surface area contributed by atoms with Gasteiger partial charge in [0.15, 0.2) is 13.5 Å². The maximum Gasteiger partial charge on any atom is 0.510 e. The van der Waals surface area contributed by atoms with Gasteiger partial charge in [0, 0.05) is 36.3 Å². The molecule has 2 fully saturated rings. The highest BCUT2D eigenvalue weighted by Crippen LogP contribution is 2.19. The minimum absolute atomic E-state index is 0.135. The second-order valence-corrected chi connectivity index (χ2v) is 11.2. The molecule has 0 spiro atoms. The number of piperazine rings is 2. The average molecular weight is 701 g/mol. The van der Waals surface area contributed by atoms with E-state index < -0.39 is 71.3 Å². The summed E-state index contributed by atoms with van der Waals surface area (Å²) in [6.45, 7) is 0.646. The highest BCUT2D eigenvalue weighted by Gasteiger charge is 2.40. The Morgan fingerprint density at radius 3 is 1.18 bits per heavy atom. The van der Waals surface area contributed by atoms with E-state index in [4.69, 9.17) is 18.9 Å². The van der Waals surface area contributed by atoms with Crippen molar-refractivity contribution in [3.05, 3.63) is 79.9 Å². The van der Waals surface area contributed by atoms with Gasteiger partial charge >= 0.3 is 12.3 Å². The molecule has 2 atom stereocenters. The standard InChI is InChI=1S/C30H32N6O14/c1-19(31-11-25(37)33(26(38)12-31)17-49-29(41)47-15-21-3-7-23(8-4-21)35(43)44)20(2)32-13-27(39)34(28(40)14-32)18-50-30(42)48-16-22-5-9-24(10-6-22)36(45)46/h3-10,19-20H,11-18H2,1-2H3/t19-,20+. The SMILES string of the molecule is C[C@H]([C@H](C)N1CC(=O)N(COC(=O)OCc2ccc([N+](=O)[O-])cc2)C(=O)C1)N1CC(=O)N(COC(=O)OCc2ccc([N+](=O)[O-])cc2)C(=O)C1. The number of hydrogen-bond donors (Lipinski definition) is 0. The summed E-state index contributed by atoms with van der Waals surface area (Å²) in [6, 6.07) is 9.57. The van der Waals surface area contributed by atoms with E-state index in [1.54, 1.807) is 23.6 Å². The van der Waals surface area contributed by atoms with Crippen molar-refractivity contribution < 1.29 is 57.6 Å². The third-order valence-electron chi connectivity index (χ3n) is 8.04. The zero-order valence-electron chi connectivity index (χ0n) is 26.8. The molecule has 20 nitrogen and oxygen atoms in total. The fraction of sp³-hybridized carbons (Fsp3) is 0.400. The fourth-order valence-electron chi connectivity index (χ4n) is 4.93. The number of nitro groups is 2. The number of benzene rings is 2. The van der Waals surface area contributed by atoms with Crippen molar-refractivity contribution in [2.24, 2.45) is 0 Å². The smallest absolute Gasteiger partial charge is 0.429 e. The Kier molecular flexibility index (Phi) is 12.1. The number of hydrogen-bond acceptors (Lipinski definition) is 16. The maximum atomic E-state index is 12.8. The molecule has 0 saturated carbocycles. The van der Waals surface area contributed by atoms with Crippen LogP contribution < -0.4 is 0 Å². The third kappa shape index (κ3) is 9.54. The van der Waals surface area contributed by atoms with Crippen molar-refractivity contribution in [1.29, 1.82) is 0 Å². The zero-order chi connectivity index (χ0) is 36.5. The van der Waals surface area contributed by atoms with E-state index >= 15 is 0 Å². The van der Waals surface area contributed by atoms with Crippen LogP contribution in [0.2, 0.25) is 0 Å². The topological polar surface area (TPSA) is 239 Å². The molecule has 266 valence electrons. The Morgan fingerprint density at radius 2 is 0.900 bits per heavy atom. The van der Waals surface area contributed by atoms with E-state index in [0.29, 0.717) is 11.1 Å². The monoisotopic (exact) mass is 700 g/mol. The van der Waals surface area contributed by atoms with Crippen LogP contribution in [0.1, 0.15) is 25.0 Å². The van der Waals surface area contributed by atoms with Gasteiger partial charge in [0.25, 0.3) is 11.4 Å². The maximum absolute atomic E-state index is 12.8. The van der Waals surface area contributed by atoms with Crippen LogP contribution in [-0.4, -0.2) is 117 Å². The van der Waals surface area contributed by atoms with Crippen LogP contribution in [0.3, 0.4) is 0 Å². The first-order chi connectivity index (χ1) is 23.7. The molecule has 2 saturated heterocycles. The third-order valence-corrected chi connectivity index (χ3v) is 8.04. The van der Waals surface area contributed by atoms with E-state index in [2.05, 4.69) is 0 Å². The quantitative estimate of drug-likeness (QED) is 0.125. The first-order valence-electron chi connectivity index (χ1n) is 14.9. The molecule has 2 aliphatic rings. The molecule has 50 heavy (non-hydrogen) atoms. The minimum Gasteiger partial charge on any atom is -0.429 e. The Balaban J connectivity index is 1.19. The van der Waals surface area contributed by atoms with Crippen molar-refractivity contribution in [2.45, 2.75) is 39.1 Å². The highest BCUT2D eigenvalue weighted by molar-refractivity contribution is 6.00. The van der Waals surface area contributed by atoms with Gasteiger partial charge in [-0.3, -0.25) is 49.2 Å². The Labute approximate surface area is 283 Å². The lowest BCUT2D eigenvalue weighted by molar-refractivity contribution is -0.385. The predicted molar refractivity (Wildman–Crippen MR) is 164 cm³/mol. The first kappa shape index (κ1) is 36.8. The van der Waals surface area contributed by atoms with Gasteiger partial charge in [-0.15, -0.1) is 0 Å². The summed E-state index contributed by atoms with van der Waals surface area (Å²) in [4.78, 5) is 100. The summed E-state index contributed by atoms with van der Waals surface area (Å²) < 4.78 is 19.7. The van der Waals surface area contributed by atoms with Gasteiger partial charge in [-0.1, -0.05) is 0 Å². The second-order valence-electron chi connectivity index (χ2n) is 11.2. The van der Waals surface area contributed by atoms with Crippen LogP contribution in [0.15, 0.2) is 48.5 Å². The fourth-order valence-corrected chi connectivity index (χ4v) is 4.93. The normalized spacial score (nSPS) is 16.8. The number of carbonyl (C=O) groups is 6. The molecule has 20 heteroatoms. The number of amides is 4. The van der Waals surface area contributed by atoms with Crippen molar-refractivity contribution in [3.8, 4) is 0 Å². The number of non-ortho nitro benzene ring substituents is 2. The van der Waals surface area contributed by atoms with Crippen LogP contribution in [0.5, 0.6) is 0 Å². The van der Waals surface area contributed by atoms with Gasteiger partial charge in [0.05, 0.1) is 36.0 Å². The highest BCUT2D eigenvalue weighted by atomic mass is 16.7. The minimum atomic E-state index is -1.16. The van der Waals surface area contributed by atoms with Crippen molar-refractivity contribution in [1.82, 2.24) is 19.6 Å². The number of imide groups is 2. The molecule has 2 aromatic rings. The average Bonchev–Trinajstić information content (AvgIpc) is 3.08. The van der Waals surface area contributed by atoms with Crippen LogP contribution >= 0.6 is 0 Å². The lowest BCUT2D eigenvalue weighted by Crippen LogP contribution is -2.63. The number of nitrogens with zero attached hydrogens (tertiary/aromatic N) is 6. The van der Waals surface area contributed by atoms with E-state index in [9.17, 15) is 49.0 Å². The molecule has 0 aliphatic carbocycles. The Bertz CT molecular complexity index is 1490. The Hall–Kier alpha value is -6.02. The molecule has 2 aromatic carbocycles. The first-order valence-corrected chi connectivity index (χ1v) is 14.9. The lowest BCUT2D eigenvalue weighted by atomic mass is 10.1. The van der Waals surface area contributed by atoms with Crippen molar-refractivity contribution >= 4 is 47.3 Å². The van der Waals surface area contributed by atoms with Crippen LogP contribution in [0.4, 0.5) is 21.0 Å². The molecule has 2 heterocycles. The van der Waals surface area contributed by atoms with Gasteiger partial charge in [0.2, 0.25) is 23.6 Å². The number of rotatable bonds is 13. The summed E-state index contributed by atoms with van der Waals surface area (Å²) in [6.07, 6.45) is -2.32.